The number of carbonyl (C=O) groups is 2. The van der Waals surface area contributed by atoms with Gasteiger partial charge in [0.1, 0.15) is 0 Å². The zero-order chi connectivity index (χ0) is 17.4. The van der Waals surface area contributed by atoms with Gasteiger partial charge in [0.05, 0.1) is 0 Å². The van der Waals surface area contributed by atoms with Gasteiger partial charge in [-0.25, -0.2) is 4.79 Å². The molecule has 5 nitrogen and oxygen atoms in total. The van der Waals surface area contributed by atoms with E-state index in [4.69, 9.17) is 5.73 Å². The third-order valence-corrected chi connectivity index (χ3v) is 4.08. The molecule has 4 N–H and O–H groups in total. The molecule has 0 spiro atoms. The minimum absolute atomic E-state index is 0.295. The standard InChI is InChI=1S/C18H21N3O2S/c1-24-10-9-13-5-7-16(8-6-13)21-18(23)20-12-14-3-2-4-15(11-14)17(19)22/h2-8,11H,9-10,12H2,1H3,(H2,19,22)(H2,20,21,23). The zero-order valence-electron chi connectivity index (χ0n) is 13.5. The van der Waals surface area contributed by atoms with Crippen LogP contribution in [0.15, 0.2) is 48.5 Å². The molecule has 0 atom stereocenters. The number of amides is 3. The Morgan fingerprint density at radius 2 is 1.83 bits per heavy atom. The maximum atomic E-state index is 11.9. The Bertz CT molecular complexity index is 702. The van der Waals surface area contributed by atoms with E-state index >= 15 is 0 Å². The van der Waals surface area contributed by atoms with Crippen LogP contribution in [0.5, 0.6) is 0 Å². The lowest BCUT2D eigenvalue weighted by molar-refractivity contribution is 0.1000. The maximum Gasteiger partial charge on any atom is 0.319 e. The van der Waals surface area contributed by atoms with Crippen LogP contribution in [0.25, 0.3) is 0 Å². The molecule has 0 aliphatic heterocycles. The van der Waals surface area contributed by atoms with E-state index in [1.165, 1.54) is 5.56 Å². The van der Waals surface area contributed by atoms with Crippen molar-refractivity contribution >= 4 is 29.4 Å². The Balaban J connectivity index is 1.84. The zero-order valence-corrected chi connectivity index (χ0v) is 14.4. The van der Waals surface area contributed by atoms with E-state index in [9.17, 15) is 9.59 Å². The molecule has 2 rings (SSSR count). The number of thioether (sulfide) groups is 1. The van der Waals surface area contributed by atoms with Crippen LogP contribution in [-0.2, 0) is 13.0 Å². The molecule has 126 valence electrons. The maximum absolute atomic E-state index is 11.9. The molecule has 0 aliphatic carbocycles. The summed E-state index contributed by atoms with van der Waals surface area (Å²) in [7, 11) is 0. The molecule has 0 unspecified atom stereocenters. The third kappa shape index (κ3) is 5.62. The molecule has 2 aromatic carbocycles. The average Bonchev–Trinajstić information content (AvgIpc) is 2.59. The molecular weight excluding hydrogens is 322 g/mol. The van der Waals surface area contributed by atoms with E-state index in [0.29, 0.717) is 12.1 Å². The summed E-state index contributed by atoms with van der Waals surface area (Å²) >= 11 is 1.81. The van der Waals surface area contributed by atoms with Gasteiger partial charge in [0.25, 0.3) is 0 Å². The van der Waals surface area contributed by atoms with E-state index in [2.05, 4.69) is 16.9 Å². The number of hydrogen-bond acceptors (Lipinski definition) is 3. The number of nitrogens with two attached hydrogens (primary N) is 1. The second-order valence-corrected chi connectivity index (χ2v) is 6.30. The molecule has 0 radical (unpaired) electrons. The van der Waals surface area contributed by atoms with Crippen LogP contribution in [-0.4, -0.2) is 23.9 Å². The van der Waals surface area contributed by atoms with Gasteiger partial charge < -0.3 is 16.4 Å². The Morgan fingerprint density at radius 1 is 1.08 bits per heavy atom. The average molecular weight is 343 g/mol. The Labute approximate surface area is 146 Å². The summed E-state index contributed by atoms with van der Waals surface area (Å²) < 4.78 is 0. The Morgan fingerprint density at radius 3 is 2.50 bits per heavy atom. The van der Waals surface area contributed by atoms with Crippen LogP contribution in [0, 0.1) is 0 Å². The highest BCUT2D eigenvalue weighted by Crippen LogP contribution is 2.11. The molecule has 0 aromatic heterocycles. The highest BCUT2D eigenvalue weighted by atomic mass is 32.2. The first kappa shape index (κ1) is 17.9. The summed E-state index contributed by atoms with van der Waals surface area (Å²) in [6.07, 6.45) is 3.10. The van der Waals surface area contributed by atoms with Crippen LogP contribution >= 0.6 is 11.8 Å². The van der Waals surface area contributed by atoms with Crippen molar-refractivity contribution in [3.05, 3.63) is 65.2 Å². The van der Waals surface area contributed by atoms with Gasteiger partial charge in [-0.15, -0.1) is 0 Å². The van der Waals surface area contributed by atoms with Crippen LogP contribution in [0.1, 0.15) is 21.5 Å². The molecule has 0 saturated carbocycles. The predicted molar refractivity (Wildman–Crippen MR) is 99.3 cm³/mol. The van der Waals surface area contributed by atoms with E-state index in [-0.39, 0.29) is 6.03 Å². The molecule has 0 fully saturated rings. The SMILES string of the molecule is CSCCc1ccc(NC(=O)NCc2cccc(C(N)=O)c2)cc1. The van der Waals surface area contributed by atoms with Gasteiger partial charge in [0.15, 0.2) is 0 Å². The van der Waals surface area contributed by atoms with E-state index < -0.39 is 5.91 Å². The fourth-order valence-electron chi connectivity index (χ4n) is 2.17. The summed E-state index contributed by atoms with van der Waals surface area (Å²) in [5.41, 5.74) is 8.47. The van der Waals surface area contributed by atoms with Crippen LogP contribution < -0.4 is 16.4 Å². The number of urea groups is 1. The molecule has 3 amide bonds. The fraction of sp³-hybridized carbons (Fsp3) is 0.222. The third-order valence-electron chi connectivity index (χ3n) is 3.47. The van der Waals surface area contributed by atoms with Crippen LogP contribution in [0.2, 0.25) is 0 Å². The number of primary amides is 1. The van der Waals surface area contributed by atoms with Crippen molar-refractivity contribution in [1.82, 2.24) is 5.32 Å². The second-order valence-electron chi connectivity index (χ2n) is 5.31. The Hall–Kier alpha value is -2.47. The van der Waals surface area contributed by atoms with Crippen molar-refractivity contribution in [3.63, 3.8) is 0 Å². The van der Waals surface area contributed by atoms with Gasteiger partial charge in [-0.3, -0.25) is 4.79 Å². The molecule has 6 heteroatoms. The first-order valence-electron chi connectivity index (χ1n) is 7.60. The minimum atomic E-state index is -0.483. The lowest BCUT2D eigenvalue weighted by Gasteiger charge is -2.09. The van der Waals surface area contributed by atoms with Crippen molar-refractivity contribution in [3.8, 4) is 0 Å². The van der Waals surface area contributed by atoms with Gasteiger partial charge >= 0.3 is 6.03 Å². The second kappa shape index (κ2) is 8.98. The molecule has 2 aromatic rings. The number of carbonyl (C=O) groups excluding carboxylic acids is 2. The summed E-state index contributed by atoms with van der Waals surface area (Å²) in [5, 5.41) is 5.54. The van der Waals surface area contributed by atoms with Crippen LogP contribution in [0.4, 0.5) is 10.5 Å². The number of rotatable bonds is 7. The molecule has 0 heterocycles. The summed E-state index contributed by atoms with van der Waals surface area (Å²) in [6, 6.07) is 14.4. The van der Waals surface area contributed by atoms with Crippen LogP contribution in [0.3, 0.4) is 0 Å². The first-order chi connectivity index (χ1) is 11.6. The number of hydrogen-bond donors (Lipinski definition) is 3. The monoisotopic (exact) mass is 343 g/mol. The number of anilines is 1. The van der Waals surface area contributed by atoms with E-state index in [1.54, 1.807) is 18.2 Å². The highest BCUT2D eigenvalue weighted by Gasteiger charge is 2.04. The van der Waals surface area contributed by atoms with Crippen molar-refractivity contribution in [1.29, 1.82) is 0 Å². The smallest absolute Gasteiger partial charge is 0.319 e. The van der Waals surface area contributed by atoms with Crippen molar-refractivity contribution in [2.24, 2.45) is 5.73 Å². The topological polar surface area (TPSA) is 84.2 Å². The van der Waals surface area contributed by atoms with Crippen molar-refractivity contribution in [2.75, 3.05) is 17.3 Å². The van der Waals surface area contributed by atoms with Gasteiger partial charge in [0, 0.05) is 17.8 Å². The predicted octanol–water partition coefficient (Wildman–Crippen LogP) is 3.01. The van der Waals surface area contributed by atoms with Crippen molar-refractivity contribution in [2.45, 2.75) is 13.0 Å². The lowest BCUT2D eigenvalue weighted by Crippen LogP contribution is -2.28. The van der Waals surface area contributed by atoms with Gasteiger partial charge in [0.2, 0.25) is 5.91 Å². The van der Waals surface area contributed by atoms with Gasteiger partial charge in [-0.2, -0.15) is 11.8 Å². The van der Waals surface area contributed by atoms with E-state index in [0.717, 1.165) is 23.4 Å². The summed E-state index contributed by atoms with van der Waals surface area (Å²) in [6.45, 7) is 0.318. The largest absolute Gasteiger partial charge is 0.366 e. The molecule has 0 bridgehead atoms. The highest BCUT2D eigenvalue weighted by molar-refractivity contribution is 7.98. The normalized spacial score (nSPS) is 10.2. The molecule has 0 saturated heterocycles. The van der Waals surface area contributed by atoms with Gasteiger partial charge in [-0.05, 0) is 53.8 Å². The molecule has 24 heavy (non-hydrogen) atoms. The number of aryl methyl sites for hydroxylation is 1. The lowest BCUT2D eigenvalue weighted by atomic mass is 10.1. The molecule has 0 aliphatic rings. The summed E-state index contributed by atoms with van der Waals surface area (Å²) in [5.74, 6) is 0.598. The fourth-order valence-corrected chi connectivity index (χ4v) is 2.61. The summed E-state index contributed by atoms with van der Waals surface area (Å²) in [4.78, 5) is 23.1. The van der Waals surface area contributed by atoms with Gasteiger partial charge in [-0.1, -0.05) is 24.3 Å². The van der Waals surface area contributed by atoms with Crippen molar-refractivity contribution < 1.29 is 9.59 Å². The van der Waals surface area contributed by atoms with E-state index in [1.807, 2.05) is 42.1 Å². The quantitative estimate of drug-likeness (QED) is 0.722. The first-order valence-corrected chi connectivity index (χ1v) is 8.99. The Kier molecular flexibility index (Phi) is 6.69. The molecular formula is C18H21N3O2S. The minimum Gasteiger partial charge on any atom is -0.366 e. The number of nitrogens with one attached hydrogen (secondary N) is 2. The number of benzene rings is 2.